The predicted molar refractivity (Wildman–Crippen MR) is 113 cm³/mol. The fourth-order valence-electron chi connectivity index (χ4n) is 3.73. The summed E-state index contributed by atoms with van der Waals surface area (Å²) in [5.74, 6) is 0.724. The average Bonchev–Trinajstić information content (AvgIpc) is 3.42. The molecule has 1 aromatic heterocycles. The fraction of sp³-hybridized carbons (Fsp3) is 0.318. The zero-order valence-corrected chi connectivity index (χ0v) is 18.2. The lowest BCUT2D eigenvalue weighted by Gasteiger charge is -2.17. The van der Waals surface area contributed by atoms with Crippen LogP contribution >= 0.6 is 0 Å². The quantitative estimate of drug-likeness (QED) is 0.600. The van der Waals surface area contributed by atoms with Gasteiger partial charge in [-0.15, -0.1) is 0 Å². The Labute approximate surface area is 180 Å². The van der Waals surface area contributed by atoms with Crippen LogP contribution < -0.4 is 9.47 Å². The first-order chi connectivity index (χ1) is 14.9. The first-order valence-electron chi connectivity index (χ1n) is 9.94. The van der Waals surface area contributed by atoms with Crippen LogP contribution in [-0.4, -0.2) is 43.1 Å². The number of H-pyrrole nitrogens is 1. The minimum Gasteiger partial charge on any atom is -0.496 e. The zero-order chi connectivity index (χ0) is 22.0. The maximum atomic E-state index is 13.3. The lowest BCUT2D eigenvalue weighted by Crippen LogP contribution is -2.28. The molecule has 31 heavy (non-hydrogen) atoms. The van der Waals surface area contributed by atoms with E-state index in [1.165, 1.54) is 16.4 Å². The number of hydrogen-bond donors (Lipinski definition) is 1. The van der Waals surface area contributed by atoms with Gasteiger partial charge in [-0.25, -0.2) is 12.8 Å². The van der Waals surface area contributed by atoms with E-state index in [0.717, 1.165) is 17.0 Å². The SMILES string of the molecule is COc1ccc(S(=O)(=O)N2CC[C@H](c3cc(COc4cccc(F)c4)[nH]n3)C2)cc1C. The molecule has 7 nitrogen and oxygen atoms in total. The third-order valence-electron chi connectivity index (χ3n) is 5.41. The lowest BCUT2D eigenvalue weighted by atomic mass is 10.1. The molecule has 0 saturated carbocycles. The Hall–Kier alpha value is -2.91. The van der Waals surface area contributed by atoms with Crippen LogP contribution in [0.1, 0.15) is 29.3 Å². The van der Waals surface area contributed by atoms with Crippen molar-refractivity contribution in [3.63, 3.8) is 0 Å². The summed E-state index contributed by atoms with van der Waals surface area (Å²) in [6, 6.07) is 12.7. The molecular formula is C22H24FN3O4S. The third-order valence-corrected chi connectivity index (χ3v) is 7.28. The minimum atomic E-state index is -3.59. The molecule has 1 saturated heterocycles. The van der Waals surface area contributed by atoms with Gasteiger partial charge in [-0.1, -0.05) is 6.07 Å². The summed E-state index contributed by atoms with van der Waals surface area (Å²) in [6.45, 7) is 2.83. The van der Waals surface area contributed by atoms with Crippen LogP contribution in [-0.2, 0) is 16.6 Å². The Morgan fingerprint density at radius 2 is 2.06 bits per heavy atom. The van der Waals surface area contributed by atoms with Gasteiger partial charge in [0.25, 0.3) is 0 Å². The van der Waals surface area contributed by atoms with Crippen LogP contribution in [0.3, 0.4) is 0 Å². The number of methoxy groups -OCH3 is 1. The van der Waals surface area contributed by atoms with Crippen molar-refractivity contribution in [2.24, 2.45) is 0 Å². The second kappa shape index (κ2) is 8.68. The third kappa shape index (κ3) is 4.57. The molecular weight excluding hydrogens is 421 g/mol. The van der Waals surface area contributed by atoms with Crippen molar-refractivity contribution in [3.8, 4) is 11.5 Å². The van der Waals surface area contributed by atoms with Crippen molar-refractivity contribution in [2.45, 2.75) is 30.8 Å². The van der Waals surface area contributed by atoms with Crippen molar-refractivity contribution in [2.75, 3.05) is 20.2 Å². The van der Waals surface area contributed by atoms with Crippen molar-refractivity contribution in [1.82, 2.24) is 14.5 Å². The highest BCUT2D eigenvalue weighted by molar-refractivity contribution is 7.89. The number of hydrogen-bond acceptors (Lipinski definition) is 5. The molecule has 0 amide bonds. The lowest BCUT2D eigenvalue weighted by molar-refractivity contribution is 0.299. The number of sulfonamides is 1. The molecule has 0 unspecified atom stereocenters. The molecule has 1 fully saturated rings. The van der Waals surface area contributed by atoms with Gasteiger partial charge < -0.3 is 9.47 Å². The Bertz CT molecular complexity index is 1180. The maximum Gasteiger partial charge on any atom is 0.243 e. The summed E-state index contributed by atoms with van der Waals surface area (Å²) < 4.78 is 51.7. The number of nitrogens with one attached hydrogen (secondary N) is 1. The van der Waals surface area contributed by atoms with Crippen LogP contribution in [0.2, 0.25) is 0 Å². The number of aryl methyl sites for hydroxylation is 1. The Morgan fingerprint density at radius 1 is 1.23 bits per heavy atom. The topological polar surface area (TPSA) is 84.5 Å². The summed E-state index contributed by atoms with van der Waals surface area (Å²) in [7, 11) is -2.03. The largest absolute Gasteiger partial charge is 0.496 e. The fourth-order valence-corrected chi connectivity index (χ4v) is 5.31. The van der Waals surface area contributed by atoms with E-state index in [9.17, 15) is 12.8 Å². The number of halogens is 1. The predicted octanol–water partition coefficient (Wildman–Crippen LogP) is 3.62. The van der Waals surface area contributed by atoms with E-state index in [2.05, 4.69) is 10.2 Å². The molecule has 1 aliphatic rings. The number of nitrogens with zero attached hydrogens (tertiary/aromatic N) is 2. The summed E-state index contributed by atoms with van der Waals surface area (Å²) in [5, 5.41) is 7.26. The van der Waals surface area contributed by atoms with Gasteiger partial charge in [0, 0.05) is 25.1 Å². The van der Waals surface area contributed by atoms with E-state index in [1.54, 1.807) is 37.4 Å². The molecule has 2 aromatic carbocycles. The van der Waals surface area contributed by atoms with Crippen LogP contribution in [0, 0.1) is 12.7 Å². The number of benzene rings is 2. The van der Waals surface area contributed by atoms with Gasteiger partial charge in [0.15, 0.2) is 0 Å². The van der Waals surface area contributed by atoms with E-state index in [1.807, 2.05) is 13.0 Å². The normalized spacial score (nSPS) is 17.1. The smallest absolute Gasteiger partial charge is 0.243 e. The van der Waals surface area contributed by atoms with Gasteiger partial charge >= 0.3 is 0 Å². The van der Waals surface area contributed by atoms with Crippen molar-refractivity contribution in [1.29, 1.82) is 0 Å². The number of aromatic nitrogens is 2. The Balaban J connectivity index is 1.41. The van der Waals surface area contributed by atoms with E-state index < -0.39 is 10.0 Å². The second-order valence-corrected chi connectivity index (χ2v) is 9.48. The molecule has 0 aliphatic carbocycles. The molecule has 0 radical (unpaired) electrons. The second-order valence-electron chi connectivity index (χ2n) is 7.54. The Morgan fingerprint density at radius 3 is 2.81 bits per heavy atom. The molecule has 1 atom stereocenters. The van der Waals surface area contributed by atoms with Gasteiger partial charge in [0.1, 0.15) is 23.9 Å². The number of rotatable bonds is 7. The van der Waals surface area contributed by atoms with Crippen LogP contribution in [0.15, 0.2) is 53.4 Å². The van der Waals surface area contributed by atoms with Gasteiger partial charge in [0.05, 0.1) is 23.4 Å². The van der Waals surface area contributed by atoms with Crippen LogP contribution in [0.25, 0.3) is 0 Å². The first-order valence-corrected chi connectivity index (χ1v) is 11.4. The maximum absolute atomic E-state index is 13.3. The first kappa shape index (κ1) is 21.3. The molecule has 2 heterocycles. The zero-order valence-electron chi connectivity index (χ0n) is 17.3. The summed E-state index contributed by atoms with van der Waals surface area (Å²) in [6.07, 6.45) is 0.684. The standard InChI is InChI=1S/C22H24FN3O4S/c1-15-10-20(6-7-22(15)29-2)31(27,28)26-9-8-16(13-26)21-12-18(24-25-21)14-30-19-5-3-4-17(23)11-19/h3-7,10-12,16H,8-9,13-14H2,1-2H3,(H,24,25)/t16-/m0/s1. The highest BCUT2D eigenvalue weighted by Gasteiger charge is 2.34. The molecule has 9 heteroatoms. The summed E-state index contributed by atoms with van der Waals surface area (Å²) >= 11 is 0. The van der Waals surface area contributed by atoms with Crippen LogP contribution in [0.4, 0.5) is 4.39 Å². The average molecular weight is 446 g/mol. The monoisotopic (exact) mass is 445 g/mol. The number of ether oxygens (including phenoxy) is 2. The highest BCUT2D eigenvalue weighted by Crippen LogP contribution is 2.32. The molecule has 0 bridgehead atoms. The Kier molecular flexibility index (Phi) is 5.97. The molecule has 1 aliphatic heterocycles. The van der Waals surface area contributed by atoms with Gasteiger partial charge in [-0.2, -0.15) is 9.40 Å². The van der Waals surface area contributed by atoms with Crippen molar-refractivity contribution in [3.05, 3.63) is 71.3 Å². The number of aromatic amines is 1. The van der Waals surface area contributed by atoms with Gasteiger partial charge in [-0.05, 0) is 55.3 Å². The van der Waals surface area contributed by atoms with Crippen LogP contribution in [0.5, 0.6) is 11.5 Å². The van der Waals surface area contributed by atoms with E-state index in [0.29, 0.717) is 31.0 Å². The van der Waals surface area contributed by atoms with Crippen molar-refractivity contribution >= 4 is 10.0 Å². The molecule has 4 rings (SSSR count). The summed E-state index contributed by atoms with van der Waals surface area (Å²) in [5.41, 5.74) is 2.31. The van der Waals surface area contributed by atoms with Gasteiger partial charge in [-0.3, -0.25) is 5.10 Å². The minimum absolute atomic E-state index is 0.00621. The van der Waals surface area contributed by atoms with E-state index in [4.69, 9.17) is 9.47 Å². The molecule has 164 valence electrons. The highest BCUT2D eigenvalue weighted by atomic mass is 32.2. The molecule has 3 aromatic rings. The summed E-state index contributed by atoms with van der Waals surface area (Å²) in [4.78, 5) is 0.262. The van der Waals surface area contributed by atoms with Gasteiger partial charge in [0.2, 0.25) is 10.0 Å². The van der Waals surface area contributed by atoms with E-state index >= 15 is 0 Å². The molecule has 1 N–H and O–H groups in total. The van der Waals surface area contributed by atoms with E-state index in [-0.39, 0.29) is 23.2 Å². The van der Waals surface area contributed by atoms with Crippen molar-refractivity contribution < 1.29 is 22.3 Å². The molecule has 0 spiro atoms.